The van der Waals surface area contributed by atoms with Crippen LogP contribution in [0.3, 0.4) is 0 Å². The summed E-state index contributed by atoms with van der Waals surface area (Å²) < 4.78 is 52.7. The molecule has 21 heavy (non-hydrogen) atoms. The van der Waals surface area contributed by atoms with Gasteiger partial charge < -0.3 is 5.73 Å². The smallest absolute Gasteiger partial charge is 0.324 e. The summed E-state index contributed by atoms with van der Waals surface area (Å²) in [5, 5.41) is 0. The third-order valence-corrected chi connectivity index (χ3v) is 3.89. The molecule has 0 aliphatic rings. The third kappa shape index (κ3) is 3.83. The summed E-state index contributed by atoms with van der Waals surface area (Å²) in [5.41, 5.74) is 5.67. The first-order chi connectivity index (χ1) is 9.79. The van der Waals surface area contributed by atoms with Crippen molar-refractivity contribution in [3.8, 4) is 0 Å². The van der Waals surface area contributed by atoms with Crippen molar-refractivity contribution in [1.82, 2.24) is 0 Å². The van der Waals surface area contributed by atoms with Crippen LogP contribution >= 0.6 is 15.9 Å². The largest absolute Gasteiger partial charge is 0.416 e. The second-order valence-electron chi connectivity index (χ2n) is 4.63. The topological polar surface area (TPSA) is 26.0 Å². The van der Waals surface area contributed by atoms with Crippen molar-refractivity contribution in [1.29, 1.82) is 0 Å². The van der Waals surface area contributed by atoms with E-state index in [1.807, 2.05) is 0 Å². The molecule has 0 aliphatic heterocycles. The summed E-state index contributed by atoms with van der Waals surface area (Å²) in [7, 11) is 0. The van der Waals surface area contributed by atoms with Crippen LogP contribution < -0.4 is 5.73 Å². The van der Waals surface area contributed by atoms with E-state index in [4.69, 9.17) is 5.73 Å². The zero-order chi connectivity index (χ0) is 15.6. The predicted molar refractivity (Wildman–Crippen MR) is 76.2 cm³/mol. The van der Waals surface area contributed by atoms with Crippen LogP contribution in [0.1, 0.15) is 22.7 Å². The molecule has 0 saturated carbocycles. The molecule has 0 saturated heterocycles. The lowest BCUT2D eigenvalue weighted by Crippen LogP contribution is -2.19. The molecular weight excluding hydrogens is 350 g/mol. The van der Waals surface area contributed by atoms with Crippen LogP contribution in [0, 0.1) is 5.82 Å². The molecule has 0 radical (unpaired) electrons. The van der Waals surface area contributed by atoms with Crippen LogP contribution in [0.2, 0.25) is 0 Å². The summed E-state index contributed by atoms with van der Waals surface area (Å²) in [4.78, 5) is 0. The highest BCUT2D eigenvalue weighted by Gasteiger charge is 2.34. The zero-order valence-corrected chi connectivity index (χ0v) is 12.4. The van der Waals surface area contributed by atoms with Gasteiger partial charge in [-0.1, -0.05) is 34.1 Å². The number of hydrogen-bond donors (Lipinski definition) is 1. The number of halogens is 5. The van der Waals surface area contributed by atoms with Crippen LogP contribution in [0.4, 0.5) is 17.6 Å². The molecular formula is C15H12BrF4N. The van der Waals surface area contributed by atoms with Crippen molar-refractivity contribution in [2.24, 2.45) is 5.73 Å². The van der Waals surface area contributed by atoms with E-state index in [-0.39, 0.29) is 12.0 Å². The molecule has 2 N–H and O–H groups in total. The van der Waals surface area contributed by atoms with Gasteiger partial charge in [0.25, 0.3) is 0 Å². The average molecular weight is 362 g/mol. The van der Waals surface area contributed by atoms with Gasteiger partial charge in [-0.2, -0.15) is 13.2 Å². The maximum atomic E-state index is 13.2. The monoisotopic (exact) mass is 361 g/mol. The molecule has 0 spiro atoms. The van der Waals surface area contributed by atoms with Crippen LogP contribution in [0.15, 0.2) is 46.9 Å². The molecule has 1 unspecified atom stereocenters. The van der Waals surface area contributed by atoms with Crippen molar-refractivity contribution in [3.63, 3.8) is 0 Å². The molecule has 0 fully saturated rings. The van der Waals surface area contributed by atoms with Gasteiger partial charge in [-0.15, -0.1) is 0 Å². The normalized spacial score (nSPS) is 13.2. The fraction of sp³-hybridized carbons (Fsp3) is 0.200. The molecule has 2 aromatic carbocycles. The molecule has 0 amide bonds. The van der Waals surface area contributed by atoms with E-state index in [0.717, 1.165) is 6.07 Å². The number of alkyl halides is 3. The first-order valence-electron chi connectivity index (χ1n) is 6.14. The van der Waals surface area contributed by atoms with Gasteiger partial charge >= 0.3 is 6.18 Å². The molecule has 0 aliphatic carbocycles. The lowest BCUT2D eigenvalue weighted by atomic mass is 9.95. The Hall–Kier alpha value is -1.40. The van der Waals surface area contributed by atoms with Crippen molar-refractivity contribution < 1.29 is 17.6 Å². The Bertz CT molecular complexity index is 640. The van der Waals surface area contributed by atoms with Crippen LogP contribution in [0.25, 0.3) is 0 Å². The van der Waals surface area contributed by atoms with E-state index in [0.29, 0.717) is 10.0 Å². The molecule has 0 aromatic heterocycles. The summed E-state index contributed by atoms with van der Waals surface area (Å²) in [6, 6.07) is 8.33. The lowest BCUT2D eigenvalue weighted by molar-refractivity contribution is -0.138. The van der Waals surface area contributed by atoms with Gasteiger partial charge in [0.1, 0.15) is 5.82 Å². The van der Waals surface area contributed by atoms with E-state index < -0.39 is 23.6 Å². The second kappa shape index (κ2) is 6.15. The minimum Gasteiger partial charge on any atom is -0.324 e. The van der Waals surface area contributed by atoms with Gasteiger partial charge in [-0.05, 0) is 41.8 Å². The van der Waals surface area contributed by atoms with E-state index in [1.54, 1.807) is 0 Å². The molecule has 1 nitrogen and oxygen atoms in total. The average Bonchev–Trinajstić information content (AvgIpc) is 2.42. The fourth-order valence-electron chi connectivity index (χ4n) is 2.13. The maximum Gasteiger partial charge on any atom is 0.416 e. The molecule has 0 heterocycles. The summed E-state index contributed by atoms with van der Waals surface area (Å²) in [5.74, 6) is -0.454. The molecule has 0 bridgehead atoms. The second-order valence-corrected chi connectivity index (χ2v) is 5.49. The van der Waals surface area contributed by atoms with E-state index >= 15 is 0 Å². The molecule has 112 valence electrons. The number of benzene rings is 2. The Morgan fingerprint density at radius 3 is 2.43 bits per heavy atom. The Morgan fingerprint density at radius 2 is 1.76 bits per heavy atom. The summed E-state index contributed by atoms with van der Waals surface area (Å²) in [6.45, 7) is 0. The number of nitrogens with two attached hydrogens (primary N) is 1. The van der Waals surface area contributed by atoms with Gasteiger partial charge in [-0.25, -0.2) is 4.39 Å². The lowest BCUT2D eigenvalue weighted by Gasteiger charge is -2.19. The van der Waals surface area contributed by atoms with Crippen molar-refractivity contribution >= 4 is 15.9 Å². The Balaban J connectivity index is 2.33. The minimum atomic E-state index is -4.46. The number of hydrogen-bond acceptors (Lipinski definition) is 1. The van der Waals surface area contributed by atoms with Gasteiger partial charge in [0.2, 0.25) is 0 Å². The molecule has 2 rings (SSSR count). The van der Waals surface area contributed by atoms with Crippen LogP contribution in [-0.2, 0) is 12.6 Å². The van der Waals surface area contributed by atoms with Crippen molar-refractivity contribution in [2.75, 3.05) is 0 Å². The minimum absolute atomic E-state index is 0.00108. The van der Waals surface area contributed by atoms with Crippen LogP contribution in [0.5, 0.6) is 0 Å². The Morgan fingerprint density at radius 1 is 1.10 bits per heavy atom. The summed E-state index contributed by atoms with van der Waals surface area (Å²) in [6.07, 6.45) is -4.36. The van der Waals surface area contributed by atoms with E-state index in [9.17, 15) is 17.6 Å². The highest BCUT2D eigenvalue weighted by molar-refractivity contribution is 9.10. The van der Waals surface area contributed by atoms with E-state index in [1.165, 1.54) is 36.4 Å². The Labute approximate surface area is 127 Å². The molecule has 1 atom stereocenters. The maximum absolute atomic E-state index is 13.2. The first kappa shape index (κ1) is 16.0. The number of rotatable bonds is 3. The van der Waals surface area contributed by atoms with Crippen molar-refractivity contribution in [2.45, 2.75) is 18.6 Å². The standard InChI is InChI=1S/C15H12BrF4N/c16-13-6-5-10(17)7-9(13)8-14(21)11-3-1-2-4-12(11)15(18,19)20/h1-7,14H,8,21H2. The first-order valence-corrected chi connectivity index (χ1v) is 6.94. The highest BCUT2D eigenvalue weighted by Crippen LogP contribution is 2.35. The van der Waals surface area contributed by atoms with Gasteiger partial charge in [-0.3, -0.25) is 0 Å². The fourth-order valence-corrected chi connectivity index (χ4v) is 2.53. The predicted octanol–water partition coefficient (Wildman–Crippen LogP) is 4.85. The SMILES string of the molecule is NC(Cc1cc(F)ccc1Br)c1ccccc1C(F)(F)F. The van der Waals surface area contributed by atoms with Gasteiger partial charge in [0.05, 0.1) is 5.56 Å². The van der Waals surface area contributed by atoms with Crippen molar-refractivity contribution in [3.05, 3.63) is 69.4 Å². The van der Waals surface area contributed by atoms with Crippen LogP contribution in [-0.4, -0.2) is 0 Å². The van der Waals surface area contributed by atoms with E-state index in [2.05, 4.69) is 15.9 Å². The van der Waals surface area contributed by atoms with Gasteiger partial charge in [0.15, 0.2) is 0 Å². The highest BCUT2D eigenvalue weighted by atomic mass is 79.9. The Kier molecular flexibility index (Phi) is 4.68. The zero-order valence-electron chi connectivity index (χ0n) is 10.8. The summed E-state index contributed by atoms with van der Waals surface area (Å²) >= 11 is 3.25. The molecule has 2 aromatic rings. The quantitative estimate of drug-likeness (QED) is 0.777. The molecule has 6 heteroatoms. The van der Waals surface area contributed by atoms with Gasteiger partial charge in [0, 0.05) is 10.5 Å². The third-order valence-electron chi connectivity index (χ3n) is 3.11.